The molecule has 0 N–H and O–H groups in total. The fourth-order valence-corrected chi connectivity index (χ4v) is 1.53. The van der Waals surface area contributed by atoms with E-state index in [0.717, 1.165) is 0 Å². The van der Waals surface area contributed by atoms with Gasteiger partial charge in [-0.15, -0.1) is 0 Å². The third-order valence-corrected chi connectivity index (χ3v) is 2.22. The number of nitrogens with zero attached hydrogens (tertiary/aromatic N) is 2. The van der Waals surface area contributed by atoms with Gasteiger partial charge in [0.2, 0.25) is 0 Å². The Bertz CT molecular complexity index is 298. The minimum Gasteiger partial charge on any atom is -0.330 e. The fourth-order valence-electron chi connectivity index (χ4n) is 1.53. The van der Waals surface area contributed by atoms with Crippen LogP contribution >= 0.6 is 0 Å². The smallest absolute Gasteiger partial charge is 0.0951 e. The highest BCUT2D eigenvalue weighted by Crippen LogP contribution is 2.32. The van der Waals surface area contributed by atoms with Crippen molar-refractivity contribution in [3.8, 4) is 0 Å². The zero-order valence-corrected chi connectivity index (χ0v) is 9.78. The predicted molar refractivity (Wildman–Crippen MR) is 60.2 cm³/mol. The summed E-state index contributed by atoms with van der Waals surface area (Å²) in [5.41, 5.74) is 1.57. The summed E-state index contributed by atoms with van der Waals surface area (Å²) in [6.45, 7) is 11.0. The first-order chi connectivity index (χ1) is 6.41. The maximum Gasteiger partial charge on any atom is 0.0951 e. The van der Waals surface area contributed by atoms with E-state index < -0.39 is 0 Å². The lowest BCUT2D eigenvalue weighted by Gasteiger charge is -2.29. The van der Waals surface area contributed by atoms with E-state index in [4.69, 9.17) is 0 Å². The lowest BCUT2D eigenvalue weighted by molar-refractivity contribution is 0.291. The topological polar surface area (TPSA) is 17.8 Å². The van der Waals surface area contributed by atoms with Gasteiger partial charge in [0.05, 0.1) is 12.4 Å². The molecule has 0 aliphatic carbocycles. The molecule has 78 valence electrons. The molecule has 0 bridgehead atoms. The van der Waals surface area contributed by atoms with Crippen molar-refractivity contribution in [2.75, 3.05) is 0 Å². The van der Waals surface area contributed by atoms with Gasteiger partial charge in [-0.2, -0.15) is 0 Å². The highest BCUT2D eigenvalue weighted by molar-refractivity contribution is 5.05. The lowest BCUT2D eigenvalue weighted by atomic mass is 9.85. The molecular weight excluding hydrogens is 172 g/mol. The Balaban J connectivity index is 3.01. The average molecular weight is 192 g/mol. The van der Waals surface area contributed by atoms with Crippen LogP contribution in [0.2, 0.25) is 0 Å². The number of imidazole rings is 1. The molecule has 1 aromatic heterocycles. The molecule has 1 atom stereocenters. The second kappa shape index (κ2) is 3.99. The SMILES string of the molecule is CC(C)=CC(n1ccnc1)C(C)(C)C. The van der Waals surface area contributed by atoms with E-state index >= 15 is 0 Å². The van der Waals surface area contributed by atoms with Gasteiger partial charge in [-0.3, -0.25) is 0 Å². The second-order valence-electron chi connectivity index (χ2n) is 5.06. The summed E-state index contributed by atoms with van der Waals surface area (Å²) in [7, 11) is 0. The standard InChI is InChI=1S/C12H20N2/c1-10(2)8-11(12(3,4)5)14-7-6-13-9-14/h6-9,11H,1-5H3. The van der Waals surface area contributed by atoms with Crippen LogP contribution in [0.5, 0.6) is 0 Å². The summed E-state index contributed by atoms with van der Waals surface area (Å²) in [5, 5.41) is 0. The van der Waals surface area contributed by atoms with Gasteiger partial charge in [-0.25, -0.2) is 4.98 Å². The van der Waals surface area contributed by atoms with E-state index in [1.165, 1.54) is 5.57 Å². The molecule has 0 saturated heterocycles. The number of hydrogen-bond acceptors (Lipinski definition) is 1. The maximum atomic E-state index is 4.10. The summed E-state index contributed by atoms with van der Waals surface area (Å²) in [6, 6.07) is 0.384. The molecule has 0 radical (unpaired) electrons. The minimum absolute atomic E-state index is 0.220. The van der Waals surface area contributed by atoms with Crippen LogP contribution in [0.3, 0.4) is 0 Å². The summed E-state index contributed by atoms with van der Waals surface area (Å²) in [6.07, 6.45) is 8.03. The van der Waals surface area contributed by atoms with Crippen molar-refractivity contribution in [3.63, 3.8) is 0 Å². The summed E-state index contributed by atoms with van der Waals surface area (Å²) < 4.78 is 2.16. The number of allylic oxidation sites excluding steroid dienone is 2. The minimum atomic E-state index is 0.220. The van der Waals surface area contributed by atoms with Crippen LogP contribution in [0, 0.1) is 5.41 Å². The highest BCUT2D eigenvalue weighted by Gasteiger charge is 2.23. The first-order valence-corrected chi connectivity index (χ1v) is 5.04. The Labute approximate surface area is 86.7 Å². The molecule has 0 fully saturated rings. The molecule has 0 aromatic carbocycles. The monoisotopic (exact) mass is 192 g/mol. The van der Waals surface area contributed by atoms with Crippen molar-refractivity contribution in [1.82, 2.24) is 9.55 Å². The van der Waals surface area contributed by atoms with E-state index in [1.54, 1.807) is 0 Å². The number of hydrogen-bond donors (Lipinski definition) is 0. The second-order valence-corrected chi connectivity index (χ2v) is 5.06. The molecular formula is C12H20N2. The lowest BCUT2D eigenvalue weighted by Crippen LogP contribution is -2.21. The first kappa shape index (κ1) is 11.0. The van der Waals surface area contributed by atoms with Gasteiger partial charge in [0.25, 0.3) is 0 Å². The molecule has 14 heavy (non-hydrogen) atoms. The highest BCUT2D eigenvalue weighted by atomic mass is 15.1. The molecule has 1 rings (SSSR count). The summed E-state index contributed by atoms with van der Waals surface area (Å²) in [5.74, 6) is 0. The molecule has 2 nitrogen and oxygen atoms in total. The summed E-state index contributed by atoms with van der Waals surface area (Å²) >= 11 is 0. The van der Waals surface area contributed by atoms with Crippen molar-refractivity contribution in [1.29, 1.82) is 0 Å². The van der Waals surface area contributed by atoms with Gasteiger partial charge in [0, 0.05) is 12.4 Å². The Hall–Kier alpha value is -1.05. The Morgan fingerprint density at radius 2 is 2.00 bits per heavy atom. The van der Waals surface area contributed by atoms with Gasteiger partial charge in [-0.05, 0) is 19.3 Å². The Morgan fingerprint density at radius 1 is 1.36 bits per heavy atom. The van der Waals surface area contributed by atoms with Crippen molar-refractivity contribution < 1.29 is 0 Å². The summed E-state index contributed by atoms with van der Waals surface area (Å²) in [4.78, 5) is 4.10. The molecule has 1 heterocycles. The van der Waals surface area contributed by atoms with Crippen molar-refractivity contribution >= 4 is 0 Å². The van der Waals surface area contributed by atoms with E-state index in [1.807, 2.05) is 18.7 Å². The van der Waals surface area contributed by atoms with E-state index in [0.29, 0.717) is 6.04 Å². The van der Waals surface area contributed by atoms with Crippen LogP contribution in [0.1, 0.15) is 40.7 Å². The Morgan fingerprint density at radius 3 is 2.36 bits per heavy atom. The molecule has 0 spiro atoms. The molecule has 0 saturated carbocycles. The van der Waals surface area contributed by atoms with Crippen molar-refractivity contribution in [2.24, 2.45) is 5.41 Å². The largest absolute Gasteiger partial charge is 0.330 e. The number of aromatic nitrogens is 2. The maximum absolute atomic E-state index is 4.10. The van der Waals surface area contributed by atoms with Crippen LogP contribution in [-0.4, -0.2) is 9.55 Å². The van der Waals surface area contributed by atoms with Gasteiger partial charge in [0.15, 0.2) is 0 Å². The zero-order valence-electron chi connectivity index (χ0n) is 9.78. The third-order valence-electron chi connectivity index (χ3n) is 2.22. The molecule has 1 aromatic rings. The predicted octanol–water partition coefficient (Wildman–Crippen LogP) is 3.44. The van der Waals surface area contributed by atoms with Crippen LogP contribution in [0.15, 0.2) is 30.4 Å². The van der Waals surface area contributed by atoms with Crippen LogP contribution < -0.4 is 0 Å². The van der Waals surface area contributed by atoms with Gasteiger partial charge in [-0.1, -0.05) is 32.4 Å². The van der Waals surface area contributed by atoms with Gasteiger partial charge < -0.3 is 4.57 Å². The molecule has 0 aliphatic rings. The van der Waals surface area contributed by atoms with E-state index in [-0.39, 0.29) is 5.41 Å². The van der Waals surface area contributed by atoms with E-state index in [2.05, 4.69) is 50.2 Å². The van der Waals surface area contributed by atoms with Crippen LogP contribution in [0.25, 0.3) is 0 Å². The number of rotatable bonds is 2. The van der Waals surface area contributed by atoms with Gasteiger partial charge >= 0.3 is 0 Å². The fraction of sp³-hybridized carbons (Fsp3) is 0.583. The molecule has 0 aliphatic heterocycles. The van der Waals surface area contributed by atoms with Crippen LogP contribution in [-0.2, 0) is 0 Å². The van der Waals surface area contributed by atoms with Crippen molar-refractivity contribution in [3.05, 3.63) is 30.4 Å². The first-order valence-electron chi connectivity index (χ1n) is 5.04. The van der Waals surface area contributed by atoms with Crippen molar-refractivity contribution in [2.45, 2.75) is 40.7 Å². The average Bonchev–Trinajstić information content (AvgIpc) is 2.49. The van der Waals surface area contributed by atoms with Gasteiger partial charge in [0.1, 0.15) is 0 Å². The molecule has 1 unspecified atom stereocenters. The third kappa shape index (κ3) is 2.72. The zero-order chi connectivity index (χ0) is 10.8. The molecule has 2 heteroatoms. The quantitative estimate of drug-likeness (QED) is 0.656. The van der Waals surface area contributed by atoms with E-state index in [9.17, 15) is 0 Å². The Kier molecular flexibility index (Phi) is 3.14. The normalized spacial score (nSPS) is 13.8. The molecule has 0 amide bonds. The van der Waals surface area contributed by atoms with Crippen LogP contribution in [0.4, 0.5) is 0 Å².